The Hall–Kier alpha value is -0.610. The van der Waals surface area contributed by atoms with E-state index in [0.29, 0.717) is 12.6 Å². The van der Waals surface area contributed by atoms with Gasteiger partial charge >= 0.3 is 5.97 Å². The fourth-order valence-corrected chi connectivity index (χ4v) is 2.97. The molecule has 0 radical (unpaired) electrons. The van der Waals surface area contributed by atoms with Crippen LogP contribution in [-0.4, -0.2) is 49.2 Å². The molecule has 0 aromatic heterocycles. The lowest BCUT2D eigenvalue weighted by Gasteiger charge is -2.28. The molecule has 2 unspecified atom stereocenters. The maximum Gasteiger partial charge on any atom is 0.323 e. The lowest BCUT2D eigenvalue weighted by Crippen LogP contribution is -2.46. The number of nitrogens with zero attached hydrogens (tertiary/aromatic N) is 1. The van der Waals surface area contributed by atoms with E-state index in [0.717, 1.165) is 32.0 Å². The summed E-state index contributed by atoms with van der Waals surface area (Å²) in [6.07, 6.45) is 6.10. The van der Waals surface area contributed by atoms with Gasteiger partial charge in [0, 0.05) is 25.6 Å². The van der Waals surface area contributed by atoms with Gasteiger partial charge in [0.15, 0.2) is 0 Å². The average Bonchev–Trinajstić information content (AvgIpc) is 2.80. The Kier molecular flexibility index (Phi) is 3.34. The van der Waals surface area contributed by atoms with Crippen molar-refractivity contribution >= 4 is 5.97 Å². The average molecular weight is 238 g/mol. The van der Waals surface area contributed by atoms with Crippen LogP contribution in [0.4, 0.5) is 0 Å². The van der Waals surface area contributed by atoms with Gasteiger partial charge in [-0.2, -0.15) is 0 Å². The van der Waals surface area contributed by atoms with Crippen molar-refractivity contribution in [3.8, 4) is 0 Å². The van der Waals surface area contributed by atoms with E-state index in [1.54, 1.807) is 0 Å². The van der Waals surface area contributed by atoms with Gasteiger partial charge in [-0.25, -0.2) is 0 Å². The van der Waals surface area contributed by atoms with Crippen LogP contribution in [0.5, 0.6) is 0 Å². The zero-order chi connectivity index (χ0) is 11.7. The highest BCUT2D eigenvalue weighted by Gasteiger charge is 2.36. The Morgan fingerprint density at radius 1 is 1.24 bits per heavy atom. The highest BCUT2D eigenvalue weighted by Crippen LogP contribution is 2.31. The van der Waals surface area contributed by atoms with Crippen molar-refractivity contribution in [3.63, 3.8) is 0 Å². The Morgan fingerprint density at radius 2 is 2.12 bits per heavy atom. The van der Waals surface area contributed by atoms with Crippen LogP contribution in [0.1, 0.15) is 32.1 Å². The lowest BCUT2D eigenvalue weighted by molar-refractivity contribution is -0.142. The molecule has 0 amide bonds. The van der Waals surface area contributed by atoms with Crippen LogP contribution in [0.25, 0.3) is 0 Å². The van der Waals surface area contributed by atoms with Crippen molar-refractivity contribution in [1.29, 1.82) is 0 Å². The second-order valence-electron chi connectivity index (χ2n) is 5.66. The lowest BCUT2D eigenvalue weighted by atomic mass is 10.1. The summed E-state index contributed by atoms with van der Waals surface area (Å²) in [5.74, 6) is 0.841. The number of carbonyl (C=O) groups excluding carboxylic acids is 1. The molecule has 0 aromatic carbocycles. The van der Waals surface area contributed by atoms with Gasteiger partial charge in [-0.3, -0.25) is 9.69 Å². The molecule has 2 atom stereocenters. The Morgan fingerprint density at radius 3 is 2.71 bits per heavy atom. The third-order valence-corrected chi connectivity index (χ3v) is 4.16. The quantitative estimate of drug-likeness (QED) is 0.718. The predicted molar refractivity (Wildman–Crippen MR) is 64.7 cm³/mol. The van der Waals surface area contributed by atoms with Crippen LogP contribution in [-0.2, 0) is 9.53 Å². The summed E-state index contributed by atoms with van der Waals surface area (Å²) in [5.41, 5.74) is 0. The first-order valence-corrected chi connectivity index (χ1v) is 6.97. The summed E-state index contributed by atoms with van der Waals surface area (Å²) in [6.45, 7) is 3.87. The normalized spacial score (nSPS) is 33.4. The van der Waals surface area contributed by atoms with E-state index in [4.69, 9.17) is 4.74 Å². The highest BCUT2D eigenvalue weighted by molar-refractivity contribution is 5.77. The second kappa shape index (κ2) is 4.94. The molecule has 0 spiro atoms. The SMILES string of the molecule is O=C1OCCC1N(CC1CC1)CC1CCCN1. The monoisotopic (exact) mass is 238 g/mol. The van der Waals surface area contributed by atoms with Crippen molar-refractivity contribution in [1.82, 2.24) is 10.2 Å². The maximum absolute atomic E-state index is 11.7. The predicted octanol–water partition coefficient (Wildman–Crippen LogP) is 0.766. The number of rotatable bonds is 5. The first-order valence-electron chi connectivity index (χ1n) is 6.97. The Labute approximate surface area is 103 Å². The molecule has 0 bridgehead atoms. The standard InChI is InChI=1S/C13H22N2O2/c16-13-12(5-7-17-13)15(8-10-3-4-10)9-11-2-1-6-14-11/h10-12,14H,1-9H2. The number of carbonyl (C=O) groups is 1. The van der Waals surface area contributed by atoms with E-state index < -0.39 is 0 Å². The molecular formula is C13H22N2O2. The molecule has 2 aliphatic heterocycles. The summed E-state index contributed by atoms with van der Waals surface area (Å²) >= 11 is 0. The molecule has 1 saturated carbocycles. The molecule has 2 heterocycles. The Bertz CT molecular complexity index is 285. The van der Waals surface area contributed by atoms with Gasteiger partial charge < -0.3 is 10.1 Å². The molecule has 3 aliphatic rings. The molecular weight excluding hydrogens is 216 g/mol. The van der Waals surface area contributed by atoms with Crippen molar-refractivity contribution in [2.24, 2.45) is 5.92 Å². The van der Waals surface area contributed by atoms with Crippen molar-refractivity contribution in [2.75, 3.05) is 26.2 Å². The van der Waals surface area contributed by atoms with Gasteiger partial charge in [-0.05, 0) is 38.1 Å². The fourth-order valence-electron chi connectivity index (χ4n) is 2.97. The third-order valence-electron chi connectivity index (χ3n) is 4.16. The van der Waals surface area contributed by atoms with E-state index in [1.807, 2.05) is 0 Å². The van der Waals surface area contributed by atoms with E-state index in [2.05, 4.69) is 10.2 Å². The molecule has 17 heavy (non-hydrogen) atoms. The van der Waals surface area contributed by atoms with Crippen LogP contribution in [0, 0.1) is 5.92 Å². The largest absolute Gasteiger partial charge is 0.464 e. The van der Waals surface area contributed by atoms with Crippen molar-refractivity contribution < 1.29 is 9.53 Å². The summed E-state index contributed by atoms with van der Waals surface area (Å²) in [7, 11) is 0. The Balaban J connectivity index is 1.60. The van der Waals surface area contributed by atoms with Gasteiger partial charge in [-0.1, -0.05) is 0 Å². The van der Waals surface area contributed by atoms with Crippen molar-refractivity contribution in [2.45, 2.75) is 44.2 Å². The highest BCUT2D eigenvalue weighted by atomic mass is 16.5. The molecule has 4 nitrogen and oxygen atoms in total. The number of nitrogens with one attached hydrogen (secondary N) is 1. The molecule has 2 saturated heterocycles. The smallest absolute Gasteiger partial charge is 0.323 e. The molecule has 1 N–H and O–H groups in total. The molecule has 0 aromatic rings. The zero-order valence-electron chi connectivity index (χ0n) is 10.4. The van der Waals surface area contributed by atoms with Gasteiger partial charge in [0.05, 0.1) is 6.61 Å². The summed E-state index contributed by atoms with van der Waals surface area (Å²) in [6, 6.07) is 0.625. The van der Waals surface area contributed by atoms with Crippen LogP contribution >= 0.6 is 0 Å². The van der Waals surface area contributed by atoms with Crippen LogP contribution in [0.15, 0.2) is 0 Å². The maximum atomic E-state index is 11.7. The first kappa shape index (κ1) is 11.5. The van der Waals surface area contributed by atoms with Gasteiger partial charge in [-0.15, -0.1) is 0 Å². The molecule has 96 valence electrons. The van der Waals surface area contributed by atoms with Crippen molar-refractivity contribution in [3.05, 3.63) is 0 Å². The number of esters is 1. The minimum Gasteiger partial charge on any atom is -0.464 e. The minimum atomic E-state index is 0.00338. The summed E-state index contributed by atoms with van der Waals surface area (Å²) in [4.78, 5) is 14.1. The molecule has 3 fully saturated rings. The van der Waals surface area contributed by atoms with Crippen LogP contribution in [0.2, 0.25) is 0 Å². The van der Waals surface area contributed by atoms with Gasteiger partial charge in [0.1, 0.15) is 6.04 Å². The van der Waals surface area contributed by atoms with E-state index in [9.17, 15) is 4.79 Å². The molecule has 1 aliphatic carbocycles. The second-order valence-corrected chi connectivity index (χ2v) is 5.66. The van der Waals surface area contributed by atoms with Crippen LogP contribution in [0.3, 0.4) is 0 Å². The molecule has 3 rings (SSSR count). The van der Waals surface area contributed by atoms with E-state index in [1.165, 1.54) is 25.7 Å². The number of hydrogen-bond acceptors (Lipinski definition) is 4. The van der Waals surface area contributed by atoms with Gasteiger partial charge in [0.25, 0.3) is 0 Å². The van der Waals surface area contributed by atoms with E-state index in [-0.39, 0.29) is 12.0 Å². The number of hydrogen-bond donors (Lipinski definition) is 1. The number of ether oxygens (including phenoxy) is 1. The summed E-state index contributed by atoms with van der Waals surface area (Å²) < 4.78 is 5.11. The van der Waals surface area contributed by atoms with Gasteiger partial charge in [0.2, 0.25) is 0 Å². The fraction of sp³-hybridized carbons (Fsp3) is 0.923. The zero-order valence-corrected chi connectivity index (χ0v) is 10.4. The summed E-state index contributed by atoms with van der Waals surface area (Å²) in [5, 5.41) is 3.53. The van der Waals surface area contributed by atoms with Crippen LogP contribution < -0.4 is 5.32 Å². The minimum absolute atomic E-state index is 0.00338. The van der Waals surface area contributed by atoms with E-state index >= 15 is 0 Å². The molecule has 4 heteroatoms. The third kappa shape index (κ3) is 2.80. The first-order chi connectivity index (χ1) is 8.33. The topological polar surface area (TPSA) is 41.6 Å². The number of cyclic esters (lactones) is 1.